The van der Waals surface area contributed by atoms with Gasteiger partial charge in [-0.05, 0) is 89.8 Å². The lowest BCUT2D eigenvalue weighted by atomic mass is 9.58. The van der Waals surface area contributed by atoms with Crippen LogP contribution in [0, 0.1) is 17.8 Å². The first kappa shape index (κ1) is 37.4. The van der Waals surface area contributed by atoms with Crippen molar-refractivity contribution in [3.63, 3.8) is 0 Å². The molecule has 0 bridgehead atoms. The summed E-state index contributed by atoms with van der Waals surface area (Å²) in [7, 11) is -1.34. The van der Waals surface area contributed by atoms with Crippen LogP contribution in [-0.4, -0.2) is 35.2 Å². The number of hydrogen-bond donors (Lipinski definition) is 2. The number of carbonyl (C=O) groups is 2. The van der Waals surface area contributed by atoms with Gasteiger partial charge in [-0.15, -0.1) is 0 Å². The third kappa shape index (κ3) is 7.07. The number of allylic oxidation sites excluding steroid dienone is 2. The van der Waals surface area contributed by atoms with E-state index < -0.39 is 72.0 Å². The smallest absolute Gasteiger partial charge is 0.455 e. The fraction of sp³-hybridized carbons (Fsp3) is 0.317. The van der Waals surface area contributed by atoms with Gasteiger partial charge in [-0.1, -0.05) is 85.7 Å². The Labute approximate surface area is 307 Å². The third-order valence-corrected chi connectivity index (χ3v) is 10.8. The lowest BCUT2D eigenvalue weighted by molar-refractivity contribution is -0.143. The molecule has 0 aromatic heterocycles. The van der Waals surface area contributed by atoms with Crippen molar-refractivity contribution in [1.29, 1.82) is 0 Å². The molecule has 54 heavy (non-hydrogen) atoms. The largest absolute Gasteiger partial charge is 0.507 e. The van der Waals surface area contributed by atoms with Gasteiger partial charge in [0.15, 0.2) is 0 Å². The Morgan fingerprint density at radius 3 is 2.17 bits per heavy atom. The normalized spacial score (nSPS) is 22.3. The van der Waals surface area contributed by atoms with Crippen molar-refractivity contribution >= 4 is 47.0 Å². The van der Waals surface area contributed by atoms with Crippen LogP contribution in [0.2, 0.25) is 6.32 Å². The van der Waals surface area contributed by atoms with Gasteiger partial charge in [0, 0.05) is 5.39 Å². The Hall–Kier alpha value is -4.88. The van der Waals surface area contributed by atoms with Gasteiger partial charge in [-0.25, -0.2) is 4.90 Å². The molecular formula is C41H36BF6NO5. The number of hydrogen-bond acceptors (Lipinski definition) is 5. The molecule has 2 heterocycles. The number of imide groups is 1. The molecule has 2 saturated heterocycles. The Kier molecular flexibility index (Phi) is 9.99. The van der Waals surface area contributed by atoms with Crippen LogP contribution in [0.3, 0.4) is 0 Å². The molecule has 0 spiro atoms. The molecule has 2 aliphatic heterocycles. The van der Waals surface area contributed by atoms with Gasteiger partial charge in [0.25, 0.3) is 0 Å². The number of rotatable bonds is 8. The number of phenols is 1. The Morgan fingerprint density at radius 1 is 0.870 bits per heavy atom. The number of phenolic OH excluding ortho intramolecular Hbond substituents is 1. The van der Waals surface area contributed by atoms with Crippen LogP contribution in [0.1, 0.15) is 61.3 Å². The summed E-state index contributed by atoms with van der Waals surface area (Å²) >= 11 is 0. The molecule has 4 aromatic rings. The zero-order chi connectivity index (χ0) is 38.5. The summed E-state index contributed by atoms with van der Waals surface area (Å²) in [6.07, 6.45) is -6.97. The van der Waals surface area contributed by atoms with Crippen LogP contribution in [0.15, 0.2) is 96.1 Å². The number of halogens is 6. The van der Waals surface area contributed by atoms with E-state index in [-0.39, 0.29) is 24.6 Å². The lowest BCUT2D eigenvalue weighted by Gasteiger charge is -2.43. The average molecular weight is 748 g/mol. The van der Waals surface area contributed by atoms with E-state index in [0.29, 0.717) is 48.1 Å². The minimum absolute atomic E-state index is 0.0394. The van der Waals surface area contributed by atoms with Crippen molar-refractivity contribution in [3.05, 3.63) is 118 Å². The fourth-order valence-corrected chi connectivity index (χ4v) is 8.48. The molecule has 4 aromatic carbocycles. The summed E-state index contributed by atoms with van der Waals surface area (Å²) in [5, 5.41) is 23.1. The maximum atomic E-state index is 14.2. The first-order valence-corrected chi connectivity index (χ1v) is 17.8. The second-order valence-corrected chi connectivity index (χ2v) is 14.1. The molecule has 4 atom stereocenters. The SMILES string of the molecule is CCCC1=C2[C@@H](CC/C(=C/c3ccc(O)c4ccccc34)c3ccccc3)OB(O)C[C@@H]2[C@@H]2C(=O)N(c3cc(C(F)(F)F)cc(C(F)(F)F)c3)C(=O)[C@@H]2C1. The second kappa shape index (κ2) is 14.4. The molecule has 3 aliphatic rings. The van der Waals surface area contributed by atoms with Crippen molar-refractivity contribution in [1.82, 2.24) is 0 Å². The molecule has 0 saturated carbocycles. The van der Waals surface area contributed by atoms with E-state index in [1.165, 1.54) is 0 Å². The zero-order valence-corrected chi connectivity index (χ0v) is 29.1. The first-order valence-electron chi connectivity index (χ1n) is 17.8. The minimum Gasteiger partial charge on any atom is -0.507 e. The highest BCUT2D eigenvalue weighted by Crippen LogP contribution is 2.53. The van der Waals surface area contributed by atoms with Crippen LogP contribution in [0.5, 0.6) is 5.75 Å². The Balaban J connectivity index is 1.24. The van der Waals surface area contributed by atoms with Gasteiger partial charge in [0.1, 0.15) is 5.75 Å². The quantitative estimate of drug-likeness (QED) is 0.0617. The van der Waals surface area contributed by atoms with Gasteiger partial charge >= 0.3 is 19.5 Å². The summed E-state index contributed by atoms with van der Waals surface area (Å²) < 4.78 is 88.9. The highest BCUT2D eigenvalue weighted by Gasteiger charge is 2.58. The number of nitrogens with zero attached hydrogens (tertiary/aromatic N) is 1. The maximum Gasteiger partial charge on any atom is 0.455 e. The van der Waals surface area contributed by atoms with Crippen molar-refractivity contribution in [2.45, 2.75) is 63.8 Å². The average Bonchev–Trinajstić information content (AvgIpc) is 3.39. The topological polar surface area (TPSA) is 87.1 Å². The summed E-state index contributed by atoms with van der Waals surface area (Å²) in [6.45, 7) is 1.94. The first-order chi connectivity index (χ1) is 25.7. The fourth-order valence-electron chi connectivity index (χ4n) is 8.48. The molecular weight excluding hydrogens is 711 g/mol. The number of fused-ring (bicyclic) bond motifs is 4. The minimum atomic E-state index is -5.17. The summed E-state index contributed by atoms with van der Waals surface area (Å²) in [5.41, 5.74) is 0.294. The summed E-state index contributed by atoms with van der Waals surface area (Å²) in [5.74, 6) is -4.46. The third-order valence-electron chi connectivity index (χ3n) is 10.8. The predicted molar refractivity (Wildman–Crippen MR) is 193 cm³/mol. The van der Waals surface area contributed by atoms with Crippen LogP contribution >= 0.6 is 0 Å². The second-order valence-electron chi connectivity index (χ2n) is 14.1. The monoisotopic (exact) mass is 747 g/mol. The van der Waals surface area contributed by atoms with E-state index in [1.54, 1.807) is 6.07 Å². The van der Waals surface area contributed by atoms with Crippen molar-refractivity contribution in [2.24, 2.45) is 17.8 Å². The standard InChI is InChI=1S/C41H36BF6NO5/c1-2-8-26-18-32-37(39(52)49(38(32)51)29-20-27(40(43,44)45)19-28(21-29)41(46,47)48)33-22-42(53)54-35(36(26)33)16-14-24(23-9-4-3-5-10-23)17-25-13-15-34(50)31-12-7-6-11-30(25)31/h3-7,9-13,15,17,19-21,32-33,35,37,50,53H,2,8,14,16,18,22H2,1H3/b24-17-/t32-,33+,35-,37-/m1/s1. The number of carbonyl (C=O) groups excluding carboxylic acids is 2. The van der Waals surface area contributed by atoms with Crippen LogP contribution in [-0.2, 0) is 26.6 Å². The van der Waals surface area contributed by atoms with Gasteiger partial charge < -0.3 is 14.8 Å². The molecule has 0 unspecified atom stereocenters. The molecule has 2 fully saturated rings. The van der Waals surface area contributed by atoms with Gasteiger partial charge in [-0.3, -0.25) is 9.59 Å². The molecule has 0 radical (unpaired) electrons. The van der Waals surface area contributed by atoms with E-state index in [2.05, 4.69) is 0 Å². The van der Waals surface area contributed by atoms with Crippen molar-refractivity contribution < 1.29 is 50.7 Å². The summed E-state index contributed by atoms with van der Waals surface area (Å²) in [4.78, 5) is 28.6. The van der Waals surface area contributed by atoms with Gasteiger partial charge in [0.2, 0.25) is 11.8 Å². The highest BCUT2D eigenvalue weighted by atomic mass is 19.4. The number of benzene rings is 4. The molecule has 6 nitrogen and oxygen atoms in total. The van der Waals surface area contributed by atoms with Crippen molar-refractivity contribution in [2.75, 3.05) is 4.90 Å². The molecule has 7 rings (SSSR count). The Bertz CT molecular complexity index is 2130. The lowest BCUT2D eigenvalue weighted by Crippen LogP contribution is -2.46. The van der Waals surface area contributed by atoms with E-state index >= 15 is 0 Å². The molecule has 2 N–H and O–H groups in total. The highest BCUT2D eigenvalue weighted by molar-refractivity contribution is 6.43. The number of aromatic hydroxyl groups is 1. The Morgan fingerprint density at radius 2 is 1.52 bits per heavy atom. The van der Waals surface area contributed by atoms with E-state index in [4.69, 9.17) is 4.65 Å². The number of alkyl halides is 6. The van der Waals surface area contributed by atoms with E-state index in [0.717, 1.165) is 33.2 Å². The van der Waals surface area contributed by atoms with Crippen LogP contribution < -0.4 is 4.90 Å². The summed E-state index contributed by atoms with van der Waals surface area (Å²) in [6, 6.07) is 21.4. The van der Waals surface area contributed by atoms with Crippen LogP contribution in [0.25, 0.3) is 22.4 Å². The van der Waals surface area contributed by atoms with E-state index in [9.17, 15) is 46.1 Å². The molecule has 1 aliphatic carbocycles. The number of amides is 2. The van der Waals surface area contributed by atoms with E-state index in [1.807, 2.05) is 73.7 Å². The molecule has 13 heteroatoms. The predicted octanol–water partition coefficient (Wildman–Crippen LogP) is 9.71. The zero-order valence-electron chi connectivity index (χ0n) is 29.1. The van der Waals surface area contributed by atoms with Crippen molar-refractivity contribution in [3.8, 4) is 5.75 Å². The molecule has 2 amide bonds. The maximum absolute atomic E-state index is 14.2. The number of anilines is 1. The van der Waals surface area contributed by atoms with Gasteiger partial charge in [0.05, 0.1) is 34.8 Å². The molecule has 280 valence electrons. The van der Waals surface area contributed by atoms with Gasteiger partial charge in [-0.2, -0.15) is 26.3 Å². The van der Waals surface area contributed by atoms with Crippen LogP contribution in [0.4, 0.5) is 32.0 Å².